The molecule has 0 bridgehead atoms. The van der Waals surface area contributed by atoms with Crippen molar-refractivity contribution < 1.29 is 22.0 Å². The van der Waals surface area contributed by atoms with Gasteiger partial charge in [0.15, 0.2) is 0 Å². The van der Waals surface area contributed by atoms with Gasteiger partial charge in [-0.15, -0.1) is 0 Å². The number of likely N-dealkylation sites (tertiary alicyclic amines) is 1. The topological polar surface area (TPSA) is 130 Å². The summed E-state index contributed by atoms with van der Waals surface area (Å²) < 4.78 is 58.2. The van der Waals surface area contributed by atoms with Crippen LogP contribution in [0.15, 0.2) is 18.6 Å². The Balaban J connectivity index is 1.31. The Morgan fingerprint density at radius 3 is 2.81 bits per heavy atom. The second-order valence-electron chi connectivity index (χ2n) is 9.84. The predicted molar refractivity (Wildman–Crippen MR) is 126 cm³/mol. The number of amides is 1. The van der Waals surface area contributed by atoms with E-state index >= 15 is 0 Å². The minimum absolute atomic E-state index is 0.0735. The summed E-state index contributed by atoms with van der Waals surface area (Å²) in [7, 11) is -2.59. The van der Waals surface area contributed by atoms with Gasteiger partial charge in [0, 0.05) is 58.7 Å². The summed E-state index contributed by atoms with van der Waals surface area (Å²) in [5.74, 6) is -2.91. The third-order valence-electron chi connectivity index (χ3n) is 7.33. The van der Waals surface area contributed by atoms with Crippen LogP contribution in [0, 0.1) is 11.3 Å². The lowest BCUT2D eigenvalue weighted by Gasteiger charge is -2.43. The van der Waals surface area contributed by atoms with Crippen molar-refractivity contribution in [2.24, 2.45) is 0 Å². The monoisotopic (exact) mass is 522 g/mol. The van der Waals surface area contributed by atoms with Gasteiger partial charge in [-0.1, -0.05) is 0 Å². The Morgan fingerprint density at radius 2 is 2.08 bits per heavy atom. The molecule has 14 heteroatoms. The van der Waals surface area contributed by atoms with Gasteiger partial charge in [-0.25, -0.2) is 18.7 Å². The van der Waals surface area contributed by atoms with E-state index in [1.165, 1.54) is 17.7 Å². The van der Waals surface area contributed by atoms with E-state index in [4.69, 9.17) is 5.26 Å². The normalized spacial score (nSPS) is 23.5. The number of H-pyrrole nitrogens is 1. The number of anilines is 1. The Morgan fingerprint density at radius 1 is 1.31 bits per heavy atom. The summed E-state index contributed by atoms with van der Waals surface area (Å²) >= 11 is 0. The van der Waals surface area contributed by atoms with Gasteiger partial charge in [-0.3, -0.25) is 4.79 Å². The van der Waals surface area contributed by atoms with E-state index < -0.39 is 46.6 Å². The number of carbonyl (C=O) groups excluding carboxylic acids is 1. The number of nitrogens with one attached hydrogen (secondary N) is 1. The fourth-order valence-corrected chi connectivity index (χ4v) is 7.12. The van der Waals surface area contributed by atoms with E-state index in [1.54, 1.807) is 6.20 Å². The largest absolute Gasteiger partial charge is 0.353 e. The minimum Gasteiger partial charge on any atom is -0.353 e. The fraction of sp³-hybridized carbons (Fsp3) is 0.636. The molecule has 3 aliphatic rings. The van der Waals surface area contributed by atoms with Gasteiger partial charge in [-0.05, 0) is 18.9 Å². The zero-order valence-electron chi connectivity index (χ0n) is 19.9. The van der Waals surface area contributed by atoms with Crippen LogP contribution in [0.1, 0.15) is 32.1 Å². The molecule has 0 aromatic carbocycles. The van der Waals surface area contributed by atoms with Gasteiger partial charge >= 0.3 is 0 Å². The maximum Gasteiger partial charge on any atom is 0.282 e. The van der Waals surface area contributed by atoms with Crippen molar-refractivity contribution in [1.29, 1.82) is 5.26 Å². The first-order valence-corrected chi connectivity index (χ1v) is 13.3. The molecule has 5 rings (SSSR count). The molecule has 2 aliphatic heterocycles. The molecule has 1 N–H and O–H groups in total. The molecule has 0 unspecified atom stereocenters. The van der Waals surface area contributed by atoms with E-state index in [-0.39, 0.29) is 25.9 Å². The average molecular weight is 523 g/mol. The number of fused-ring (bicyclic) bond motifs is 1. The number of rotatable bonds is 7. The highest BCUT2D eigenvalue weighted by atomic mass is 32.2. The number of likely N-dealkylation sites (N-methyl/N-ethyl adjacent to an activating group) is 1. The molecule has 2 saturated heterocycles. The van der Waals surface area contributed by atoms with E-state index in [0.717, 1.165) is 20.4 Å². The highest BCUT2D eigenvalue weighted by Crippen LogP contribution is 2.47. The SMILES string of the molecule is CN(C[C@@H]1CC(F)(F)CN1C(=O)CCC#N)S(=O)(=O)N1CCN(c2ncnc3[nH]ccc23)CC12CC2. The summed E-state index contributed by atoms with van der Waals surface area (Å²) in [6.45, 7) is 0.131. The van der Waals surface area contributed by atoms with Crippen LogP contribution in [0.2, 0.25) is 0 Å². The molecule has 1 atom stereocenters. The second-order valence-corrected chi connectivity index (χ2v) is 11.8. The first-order valence-electron chi connectivity index (χ1n) is 11.9. The highest BCUT2D eigenvalue weighted by Gasteiger charge is 2.57. The number of hydrogen-bond acceptors (Lipinski definition) is 7. The molecule has 0 radical (unpaired) electrons. The Kier molecular flexibility index (Phi) is 6.12. The molecular weight excluding hydrogens is 494 g/mol. The average Bonchev–Trinajstić information content (AvgIpc) is 3.27. The molecule has 1 amide bonds. The first-order chi connectivity index (χ1) is 17.1. The van der Waals surface area contributed by atoms with Gasteiger partial charge < -0.3 is 14.8 Å². The van der Waals surface area contributed by atoms with E-state index in [1.807, 2.05) is 12.1 Å². The fourth-order valence-electron chi connectivity index (χ4n) is 5.38. The standard InChI is InChI=1S/C22H28F2N8O3S/c1-29(12-16-11-22(23,24)14-31(16)18(33)3-2-7-25)36(34,35)32-10-9-30(13-21(32)5-6-21)20-17-4-8-26-19(17)27-15-28-20/h4,8,15-16H,2-3,5-6,9-14H2,1H3,(H,26,27,28)/t16-/m0/s1. The zero-order valence-corrected chi connectivity index (χ0v) is 20.7. The smallest absolute Gasteiger partial charge is 0.282 e. The zero-order chi connectivity index (χ0) is 25.7. The number of carbonyl (C=O) groups is 1. The van der Waals surface area contributed by atoms with Crippen LogP contribution in [0.4, 0.5) is 14.6 Å². The van der Waals surface area contributed by atoms with Crippen LogP contribution in [0.3, 0.4) is 0 Å². The molecule has 3 fully saturated rings. The van der Waals surface area contributed by atoms with E-state index in [0.29, 0.717) is 31.6 Å². The molecule has 36 heavy (non-hydrogen) atoms. The van der Waals surface area contributed by atoms with Gasteiger partial charge in [0.1, 0.15) is 17.8 Å². The number of nitriles is 1. The number of halogens is 2. The van der Waals surface area contributed by atoms with Crippen LogP contribution in [0.25, 0.3) is 11.0 Å². The molecule has 1 spiro atoms. The molecule has 1 aliphatic carbocycles. The number of piperazine rings is 1. The maximum atomic E-state index is 14.2. The highest BCUT2D eigenvalue weighted by molar-refractivity contribution is 7.86. The Labute approximate surface area is 207 Å². The van der Waals surface area contributed by atoms with Crippen LogP contribution in [0.5, 0.6) is 0 Å². The summed E-state index contributed by atoms with van der Waals surface area (Å²) in [5.41, 5.74) is 0.128. The molecule has 4 heterocycles. The second kappa shape index (κ2) is 8.89. The predicted octanol–water partition coefficient (Wildman–Crippen LogP) is 1.33. The molecule has 11 nitrogen and oxygen atoms in total. The summed E-state index contributed by atoms with van der Waals surface area (Å²) in [4.78, 5) is 27.3. The van der Waals surface area contributed by atoms with Crippen molar-refractivity contribution in [1.82, 2.24) is 28.5 Å². The summed E-state index contributed by atoms with van der Waals surface area (Å²) in [6, 6.07) is 2.78. The molecular formula is C22H28F2N8O3S. The van der Waals surface area contributed by atoms with Crippen molar-refractivity contribution in [3.63, 3.8) is 0 Å². The molecule has 194 valence electrons. The van der Waals surface area contributed by atoms with Crippen LogP contribution in [-0.4, -0.2) is 100 Å². The summed E-state index contributed by atoms with van der Waals surface area (Å²) in [6.07, 6.45) is 3.80. The number of hydrogen-bond donors (Lipinski definition) is 1. The van der Waals surface area contributed by atoms with Crippen molar-refractivity contribution in [3.05, 3.63) is 18.6 Å². The van der Waals surface area contributed by atoms with Gasteiger partial charge in [0.05, 0.1) is 29.6 Å². The number of alkyl halides is 2. The molecule has 1 saturated carbocycles. The van der Waals surface area contributed by atoms with Crippen LogP contribution < -0.4 is 4.90 Å². The van der Waals surface area contributed by atoms with Crippen LogP contribution >= 0.6 is 0 Å². The number of aromatic nitrogens is 3. The quantitative estimate of drug-likeness (QED) is 0.581. The Bertz CT molecular complexity index is 1310. The third-order valence-corrected chi connectivity index (χ3v) is 9.40. The van der Waals surface area contributed by atoms with Crippen molar-refractivity contribution in [2.75, 3.05) is 44.7 Å². The molecule has 2 aromatic rings. The third kappa shape index (κ3) is 4.39. The van der Waals surface area contributed by atoms with Gasteiger partial charge in [0.2, 0.25) is 5.91 Å². The van der Waals surface area contributed by atoms with Crippen molar-refractivity contribution >= 4 is 33.0 Å². The number of aromatic amines is 1. The van der Waals surface area contributed by atoms with Crippen LogP contribution in [-0.2, 0) is 15.0 Å². The maximum absolute atomic E-state index is 14.2. The van der Waals surface area contributed by atoms with Gasteiger partial charge in [0.25, 0.3) is 16.1 Å². The summed E-state index contributed by atoms with van der Waals surface area (Å²) in [5, 5.41) is 9.60. The Hall–Kier alpha value is -2.89. The first kappa shape index (κ1) is 24.8. The molecule has 2 aromatic heterocycles. The lowest BCUT2D eigenvalue weighted by Crippen LogP contribution is -2.60. The van der Waals surface area contributed by atoms with E-state index in [9.17, 15) is 22.0 Å². The van der Waals surface area contributed by atoms with Crippen molar-refractivity contribution in [2.45, 2.75) is 49.6 Å². The van der Waals surface area contributed by atoms with Gasteiger partial charge in [-0.2, -0.15) is 22.3 Å². The minimum atomic E-state index is -3.97. The van der Waals surface area contributed by atoms with E-state index in [2.05, 4.69) is 19.9 Å². The lowest BCUT2D eigenvalue weighted by atomic mass is 10.2. The van der Waals surface area contributed by atoms with Crippen molar-refractivity contribution in [3.8, 4) is 6.07 Å². The number of nitrogens with zero attached hydrogens (tertiary/aromatic N) is 7. The lowest BCUT2D eigenvalue weighted by molar-refractivity contribution is -0.133.